The maximum Gasteiger partial charge on any atom is 0.316 e. The molecule has 3 aromatic rings. The Morgan fingerprint density at radius 2 is 1.61 bits per heavy atom. The fraction of sp³-hybridized carbons (Fsp3) is 0.167. The summed E-state index contributed by atoms with van der Waals surface area (Å²) in [5.41, 5.74) is 3.78. The normalized spacial score (nSPS) is 16.2. The van der Waals surface area contributed by atoms with E-state index in [0.717, 1.165) is 22.4 Å². The lowest BCUT2D eigenvalue weighted by Gasteiger charge is -2.17. The number of anilines is 1. The van der Waals surface area contributed by atoms with Crippen LogP contribution in [0.2, 0.25) is 0 Å². The maximum absolute atomic E-state index is 12.8. The number of para-hydroxylation sites is 1. The molecular formula is C24H21NO3. The Morgan fingerprint density at radius 3 is 2.36 bits per heavy atom. The van der Waals surface area contributed by atoms with E-state index < -0.39 is 5.92 Å². The highest BCUT2D eigenvalue weighted by atomic mass is 16.5. The van der Waals surface area contributed by atoms with Gasteiger partial charge in [0.1, 0.15) is 5.75 Å². The van der Waals surface area contributed by atoms with Crippen LogP contribution < -0.4 is 9.64 Å². The molecule has 4 rings (SSSR count). The van der Waals surface area contributed by atoms with Crippen LogP contribution in [0.25, 0.3) is 11.1 Å². The summed E-state index contributed by atoms with van der Waals surface area (Å²) in [4.78, 5) is 26.9. The van der Waals surface area contributed by atoms with Crippen LogP contribution in [0.1, 0.15) is 12.0 Å². The van der Waals surface area contributed by atoms with Gasteiger partial charge in [0.2, 0.25) is 5.91 Å². The number of hydrogen-bond donors (Lipinski definition) is 0. The van der Waals surface area contributed by atoms with Crippen molar-refractivity contribution in [2.75, 3.05) is 11.4 Å². The molecule has 0 N–H and O–H groups in total. The highest BCUT2D eigenvalue weighted by Crippen LogP contribution is 2.32. The maximum atomic E-state index is 12.8. The number of ether oxygens (including phenoxy) is 1. The van der Waals surface area contributed by atoms with E-state index >= 15 is 0 Å². The largest absolute Gasteiger partial charge is 0.426 e. The molecule has 28 heavy (non-hydrogen) atoms. The van der Waals surface area contributed by atoms with E-state index in [1.165, 1.54) is 0 Å². The number of hydrogen-bond acceptors (Lipinski definition) is 3. The number of benzene rings is 3. The van der Waals surface area contributed by atoms with Crippen molar-refractivity contribution in [1.29, 1.82) is 0 Å². The lowest BCUT2D eigenvalue weighted by atomic mass is 10.0. The van der Waals surface area contributed by atoms with E-state index in [4.69, 9.17) is 4.74 Å². The van der Waals surface area contributed by atoms with E-state index in [1.807, 2.05) is 79.7 Å². The van der Waals surface area contributed by atoms with Crippen molar-refractivity contribution in [2.24, 2.45) is 5.92 Å². The number of carbonyl (C=O) groups is 2. The predicted octanol–water partition coefficient (Wildman–Crippen LogP) is 4.62. The third-order valence-electron chi connectivity index (χ3n) is 4.99. The number of amides is 1. The van der Waals surface area contributed by atoms with E-state index in [2.05, 4.69) is 0 Å². The standard InChI is InChI=1S/C24H21NO3/c1-17-11-13-20(14-12-17)25-16-19(15-23(25)26)24(27)28-22-10-6-5-9-21(22)18-7-3-2-4-8-18/h2-14,19H,15-16H2,1H3/t19-/m0/s1. The molecule has 1 heterocycles. The van der Waals surface area contributed by atoms with Gasteiger partial charge in [-0.2, -0.15) is 0 Å². The van der Waals surface area contributed by atoms with Crippen molar-refractivity contribution >= 4 is 17.6 Å². The minimum Gasteiger partial charge on any atom is -0.426 e. The molecular weight excluding hydrogens is 350 g/mol. The van der Waals surface area contributed by atoms with E-state index in [9.17, 15) is 9.59 Å². The second kappa shape index (κ2) is 7.69. The third-order valence-corrected chi connectivity index (χ3v) is 4.99. The number of nitrogens with zero attached hydrogens (tertiary/aromatic N) is 1. The quantitative estimate of drug-likeness (QED) is 0.497. The summed E-state index contributed by atoms with van der Waals surface area (Å²) in [6.07, 6.45) is 0.167. The molecule has 0 unspecified atom stereocenters. The summed E-state index contributed by atoms with van der Waals surface area (Å²) in [6, 6.07) is 25.0. The van der Waals surface area contributed by atoms with Crippen molar-refractivity contribution < 1.29 is 14.3 Å². The van der Waals surface area contributed by atoms with Crippen LogP contribution in [-0.4, -0.2) is 18.4 Å². The molecule has 1 aliphatic rings. The zero-order chi connectivity index (χ0) is 19.5. The van der Waals surface area contributed by atoms with Crippen LogP contribution >= 0.6 is 0 Å². The second-order valence-electron chi connectivity index (χ2n) is 7.02. The predicted molar refractivity (Wildman–Crippen MR) is 109 cm³/mol. The SMILES string of the molecule is Cc1ccc(N2C[C@@H](C(=O)Oc3ccccc3-c3ccccc3)CC2=O)cc1. The third kappa shape index (κ3) is 3.67. The molecule has 140 valence electrons. The Morgan fingerprint density at radius 1 is 0.929 bits per heavy atom. The van der Waals surface area contributed by atoms with Crippen LogP contribution in [0.5, 0.6) is 5.75 Å². The monoisotopic (exact) mass is 371 g/mol. The number of carbonyl (C=O) groups excluding carboxylic acids is 2. The molecule has 3 aromatic carbocycles. The summed E-state index contributed by atoms with van der Waals surface area (Å²) >= 11 is 0. The molecule has 1 aliphatic heterocycles. The highest BCUT2D eigenvalue weighted by Gasteiger charge is 2.36. The number of rotatable bonds is 4. The molecule has 0 saturated carbocycles. The van der Waals surface area contributed by atoms with Gasteiger partial charge in [-0.25, -0.2) is 0 Å². The fourth-order valence-corrected chi connectivity index (χ4v) is 3.44. The number of aryl methyl sites for hydroxylation is 1. The first-order valence-electron chi connectivity index (χ1n) is 9.35. The zero-order valence-electron chi connectivity index (χ0n) is 15.7. The van der Waals surface area contributed by atoms with Gasteiger partial charge in [0.05, 0.1) is 5.92 Å². The molecule has 0 radical (unpaired) electrons. The Balaban J connectivity index is 1.51. The van der Waals surface area contributed by atoms with Crippen molar-refractivity contribution in [3.05, 3.63) is 84.4 Å². The number of esters is 1. The molecule has 4 heteroatoms. The van der Waals surface area contributed by atoms with Gasteiger partial charge in [-0.05, 0) is 30.7 Å². The van der Waals surface area contributed by atoms with Gasteiger partial charge in [-0.3, -0.25) is 9.59 Å². The minimum atomic E-state index is -0.474. The average Bonchev–Trinajstić information content (AvgIpc) is 3.11. The first-order chi connectivity index (χ1) is 13.6. The first-order valence-corrected chi connectivity index (χ1v) is 9.35. The summed E-state index contributed by atoms with van der Waals surface area (Å²) in [5.74, 6) is -0.383. The summed E-state index contributed by atoms with van der Waals surface area (Å²) in [7, 11) is 0. The summed E-state index contributed by atoms with van der Waals surface area (Å²) in [6.45, 7) is 2.34. The van der Waals surface area contributed by atoms with Crippen LogP contribution in [0.3, 0.4) is 0 Å². The minimum absolute atomic E-state index is 0.0536. The highest BCUT2D eigenvalue weighted by molar-refractivity contribution is 5.99. The van der Waals surface area contributed by atoms with E-state index in [1.54, 1.807) is 11.0 Å². The van der Waals surface area contributed by atoms with Gasteiger partial charge >= 0.3 is 5.97 Å². The molecule has 1 saturated heterocycles. The molecule has 1 fully saturated rings. The van der Waals surface area contributed by atoms with Gasteiger partial charge in [0.25, 0.3) is 0 Å². The molecule has 0 aliphatic carbocycles. The van der Waals surface area contributed by atoms with Crippen molar-refractivity contribution in [3.63, 3.8) is 0 Å². The molecule has 1 amide bonds. The van der Waals surface area contributed by atoms with Gasteiger partial charge in [-0.1, -0.05) is 66.2 Å². The molecule has 1 atom stereocenters. The summed E-state index contributed by atoms with van der Waals surface area (Å²) < 4.78 is 5.72. The van der Waals surface area contributed by atoms with Crippen LogP contribution in [0.15, 0.2) is 78.9 Å². The van der Waals surface area contributed by atoms with E-state index in [0.29, 0.717) is 12.3 Å². The second-order valence-corrected chi connectivity index (χ2v) is 7.02. The van der Waals surface area contributed by atoms with Crippen LogP contribution in [-0.2, 0) is 9.59 Å². The molecule has 0 aromatic heterocycles. The van der Waals surface area contributed by atoms with Gasteiger partial charge in [0.15, 0.2) is 0 Å². The molecule has 0 bridgehead atoms. The van der Waals surface area contributed by atoms with Gasteiger partial charge in [-0.15, -0.1) is 0 Å². The van der Waals surface area contributed by atoms with Crippen LogP contribution in [0, 0.1) is 12.8 Å². The Hall–Kier alpha value is -3.40. The molecule has 0 spiro atoms. The van der Waals surface area contributed by atoms with Crippen molar-refractivity contribution in [3.8, 4) is 16.9 Å². The van der Waals surface area contributed by atoms with E-state index in [-0.39, 0.29) is 18.3 Å². The van der Waals surface area contributed by atoms with Crippen molar-refractivity contribution in [1.82, 2.24) is 0 Å². The van der Waals surface area contributed by atoms with Crippen molar-refractivity contribution in [2.45, 2.75) is 13.3 Å². The Bertz CT molecular complexity index is 996. The lowest BCUT2D eigenvalue weighted by Crippen LogP contribution is -2.27. The topological polar surface area (TPSA) is 46.6 Å². The van der Waals surface area contributed by atoms with Gasteiger partial charge < -0.3 is 9.64 Å². The van der Waals surface area contributed by atoms with Gasteiger partial charge in [0, 0.05) is 24.2 Å². The fourth-order valence-electron chi connectivity index (χ4n) is 3.44. The molecule has 4 nitrogen and oxygen atoms in total. The lowest BCUT2D eigenvalue weighted by molar-refractivity contribution is -0.139. The smallest absolute Gasteiger partial charge is 0.316 e. The summed E-state index contributed by atoms with van der Waals surface area (Å²) in [5, 5.41) is 0. The first kappa shape index (κ1) is 18.0. The average molecular weight is 371 g/mol. The zero-order valence-corrected chi connectivity index (χ0v) is 15.7. The Labute approximate surface area is 164 Å². The Kier molecular flexibility index (Phi) is 4.94. The van der Waals surface area contributed by atoms with Crippen LogP contribution in [0.4, 0.5) is 5.69 Å².